The standard InChI is InChI=1S/C19H27N3O3/c1-4-8-22-9-7-14-5-6-15(11-17(14)22)21-19(25)18(24)20-12-16(23)10-13(2)3/h5-7,9,11,13,16,23H,4,8,10,12H2,1-3H3,(H,20,24)(H,21,25). The lowest BCUT2D eigenvalue weighted by atomic mass is 10.1. The number of nitrogens with one attached hydrogen (secondary N) is 2. The number of hydrogen-bond donors (Lipinski definition) is 3. The number of rotatable bonds is 7. The number of nitrogens with zero attached hydrogens (tertiary/aromatic N) is 1. The second kappa shape index (κ2) is 8.67. The van der Waals surface area contributed by atoms with E-state index in [-0.39, 0.29) is 6.54 Å². The van der Waals surface area contributed by atoms with Crippen molar-refractivity contribution < 1.29 is 14.7 Å². The third-order valence-electron chi connectivity index (χ3n) is 3.94. The molecule has 2 amide bonds. The molecule has 6 heteroatoms. The number of aromatic nitrogens is 1. The van der Waals surface area contributed by atoms with Gasteiger partial charge in [0.15, 0.2) is 0 Å². The Morgan fingerprint density at radius 2 is 1.96 bits per heavy atom. The largest absolute Gasteiger partial charge is 0.391 e. The van der Waals surface area contributed by atoms with Gasteiger partial charge in [0, 0.05) is 25.0 Å². The van der Waals surface area contributed by atoms with Gasteiger partial charge in [-0.25, -0.2) is 0 Å². The lowest BCUT2D eigenvalue weighted by Gasteiger charge is -2.13. The van der Waals surface area contributed by atoms with Crippen molar-refractivity contribution >= 4 is 28.4 Å². The molecule has 0 fully saturated rings. The van der Waals surface area contributed by atoms with Crippen molar-refractivity contribution in [1.29, 1.82) is 0 Å². The Kier molecular flexibility index (Phi) is 6.58. The van der Waals surface area contributed by atoms with Crippen LogP contribution in [0.3, 0.4) is 0 Å². The van der Waals surface area contributed by atoms with Gasteiger partial charge < -0.3 is 20.3 Å². The summed E-state index contributed by atoms with van der Waals surface area (Å²) in [5.74, 6) is -1.15. The van der Waals surface area contributed by atoms with E-state index in [1.807, 2.05) is 38.2 Å². The van der Waals surface area contributed by atoms with Gasteiger partial charge in [0.05, 0.1) is 11.6 Å². The van der Waals surface area contributed by atoms with Gasteiger partial charge in [-0.1, -0.05) is 26.8 Å². The molecule has 0 bridgehead atoms. The summed E-state index contributed by atoms with van der Waals surface area (Å²) < 4.78 is 2.12. The van der Waals surface area contributed by atoms with Crippen LogP contribution in [-0.4, -0.2) is 34.1 Å². The van der Waals surface area contributed by atoms with Gasteiger partial charge in [0.25, 0.3) is 0 Å². The highest BCUT2D eigenvalue weighted by Gasteiger charge is 2.16. The van der Waals surface area contributed by atoms with Gasteiger partial charge in [-0.15, -0.1) is 0 Å². The van der Waals surface area contributed by atoms with Crippen LogP contribution in [0.4, 0.5) is 5.69 Å². The number of fused-ring (bicyclic) bond motifs is 1. The molecule has 0 radical (unpaired) electrons. The van der Waals surface area contributed by atoms with E-state index in [2.05, 4.69) is 22.1 Å². The van der Waals surface area contributed by atoms with Gasteiger partial charge in [0.2, 0.25) is 0 Å². The second-order valence-electron chi connectivity index (χ2n) is 6.73. The smallest absolute Gasteiger partial charge is 0.313 e. The highest BCUT2D eigenvalue weighted by atomic mass is 16.3. The monoisotopic (exact) mass is 345 g/mol. The molecule has 2 aromatic rings. The van der Waals surface area contributed by atoms with E-state index in [0.717, 1.165) is 23.9 Å². The van der Waals surface area contributed by atoms with Crippen LogP contribution < -0.4 is 10.6 Å². The third-order valence-corrected chi connectivity index (χ3v) is 3.94. The maximum absolute atomic E-state index is 12.0. The molecule has 1 unspecified atom stereocenters. The van der Waals surface area contributed by atoms with Crippen molar-refractivity contribution in [2.45, 2.75) is 46.3 Å². The second-order valence-corrected chi connectivity index (χ2v) is 6.73. The van der Waals surface area contributed by atoms with Crippen LogP contribution in [0.2, 0.25) is 0 Å². The van der Waals surface area contributed by atoms with E-state index >= 15 is 0 Å². The summed E-state index contributed by atoms with van der Waals surface area (Å²) in [7, 11) is 0. The van der Waals surface area contributed by atoms with E-state index in [1.165, 1.54) is 0 Å². The first-order valence-corrected chi connectivity index (χ1v) is 8.76. The highest BCUT2D eigenvalue weighted by Crippen LogP contribution is 2.21. The number of aryl methyl sites for hydroxylation is 1. The number of anilines is 1. The molecule has 0 saturated carbocycles. The molecule has 0 saturated heterocycles. The number of carbonyl (C=O) groups is 2. The Bertz CT molecular complexity index is 737. The molecule has 1 aromatic heterocycles. The average Bonchev–Trinajstić information content (AvgIpc) is 2.95. The van der Waals surface area contributed by atoms with E-state index in [4.69, 9.17) is 0 Å². The molecule has 0 aliphatic heterocycles. The number of aliphatic hydroxyl groups excluding tert-OH is 1. The van der Waals surface area contributed by atoms with E-state index < -0.39 is 17.9 Å². The number of benzene rings is 1. The van der Waals surface area contributed by atoms with Crippen LogP contribution in [0, 0.1) is 5.92 Å². The Hall–Kier alpha value is -2.34. The summed E-state index contributed by atoms with van der Waals surface area (Å²) in [6, 6.07) is 7.59. The predicted molar refractivity (Wildman–Crippen MR) is 99.3 cm³/mol. The fourth-order valence-corrected chi connectivity index (χ4v) is 2.80. The molecule has 0 aliphatic rings. The van der Waals surface area contributed by atoms with Crippen molar-refractivity contribution in [3.8, 4) is 0 Å². The molecular formula is C19H27N3O3. The van der Waals surface area contributed by atoms with E-state index in [0.29, 0.717) is 18.0 Å². The third kappa shape index (κ3) is 5.32. The average molecular weight is 345 g/mol. The van der Waals surface area contributed by atoms with Crippen molar-refractivity contribution in [2.24, 2.45) is 5.92 Å². The maximum atomic E-state index is 12.0. The lowest BCUT2D eigenvalue weighted by Crippen LogP contribution is -2.39. The quantitative estimate of drug-likeness (QED) is 0.674. The van der Waals surface area contributed by atoms with Gasteiger partial charge in [-0.05, 0) is 42.3 Å². The Labute approximate surface area is 148 Å². The zero-order valence-electron chi connectivity index (χ0n) is 15.1. The van der Waals surface area contributed by atoms with Gasteiger partial charge in [-0.3, -0.25) is 9.59 Å². The SMILES string of the molecule is CCCn1ccc2ccc(NC(=O)C(=O)NCC(O)CC(C)C)cc21. The minimum Gasteiger partial charge on any atom is -0.391 e. The Morgan fingerprint density at radius 1 is 1.20 bits per heavy atom. The van der Waals surface area contributed by atoms with Crippen molar-refractivity contribution in [1.82, 2.24) is 9.88 Å². The van der Waals surface area contributed by atoms with Crippen LogP contribution in [0.25, 0.3) is 10.9 Å². The first-order valence-electron chi connectivity index (χ1n) is 8.76. The first kappa shape index (κ1) is 19.0. The fourth-order valence-electron chi connectivity index (χ4n) is 2.80. The van der Waals surface area contributed by atoms with Crippen LogP contribution in [-0.2, 0) is 16.1 Å². The van der Waals surface area contributed by atoms with Gasteiger partial charge >= 0.3 is 11.8 Å². The topological polar surface area (TPSA) is 83.4 Å². The van der Waals surface area contributed by atoms with Crippen LogP contribution in [0.5, 0.6) is 0 Å². The number of aliphatic hydroxyl groups is 1. The minimum absolute atomic E-state index is 0.0722. The van der Waals surface area contributed by atoms with Crippen molar-refractivity contribution in [3.63, 3.8) is 0 Å². The van der Waals surface area contributed by atoms with Crippen molar-refractivity contribution in [3.05, 3.63) is 30.5 Å². The molecule has 25 heavy (non-hydrogen) atoms. The maximum Gasteiger partial charge on any atom is 0.313 e. The molecule has 136 valence electrons. The number of amides is 2. The molecule has 0 spiro atoms. The van der Waals surface area contributed by atoms with Crippen LogP contribution >= 0.6 is 0 Å². The minimum atomic E-state index is -0.744. The zero-order chi connectivity index (χ0) is 18.4. The van der Waals surface area contributed by atoms with Gasteiger partial charge in [0.1, 0.15) is 0 Å². The van der Waals surface area contributed by atoms with Gasteiger partial charge in [-0.2, -0.15) is 0 Å². The normalized spacial score (nSPS) is 12.4. The Balaban J connectivity index is 1.96. The molecule has 3 N–H and O–H groups in total. The molecule has 1 atom stereocenters. The molecular weight excluding hydrogens is 318 g/mol. The lowest BCUT2D eigenvalue weighted by molar-refractivity contribution is -0.136. The highest BCUT2D eigenvalue weighted by molar-refractivity contribution is 6.39. The molecule has 1 aromatic carbocycles. The van der Waals surface area contributed by atoms with E-state index in [9.17, 15) is 14.7 Å². The molecule has 2 rings (SSSR count). The summed E-state index contributed by atoms with van der Waals surface area (Å²) in [4.78, 5) is 23.9. The van der Waals surface area contributed by atoms with Crippen LogP contribution in [0.1, 0.15) is 33.6 Å². The number of carbonyl (C=O) groups excluding carboxylic acids is 2. The molecule has 1 heterocycles. The fraction of sp³-hybridized carbons (Fsp3) is 0.474. The van der Waals surface area contributed by atoms with E-state index in [1.54, 1.807) is 6.07 Å². The summed E-state index contributed by atoms with van der Waals surface area (Å²) >= 11 is 0. The van der Waals surface area contributed by atoms with Crippen molar-refractivity contribution in [2.75, 3.05) is 11.9 Å². The first-order chi connectivity index (χ1) is 11.9. The number of hydrogen-bond acceptors (Lipinski definition) is 3. The zero-order valence-corrected chi connectivity index (χ0v) is 15.1. The summed E-state index contributed by atoms with van der Waals surface area (Å²) in [6.07, 6.45) is 2.96. The Morgan fingerprint density at radius 3 is 2.64 bits per heavy atom. The summed E-state index contributed by atoms with van der Waals surface area (Å²) in [5.41, 5.74) is 1.60. The van der Waals surface area contributed by atoms with Crippen LogP contribution in [0.15, 0.2) is 30.5 Å². The predicted octanol–water partition coefficient (Wildman–Crippen LogP) is 2.51. The summed E-state index contributed by atoms with van der Waals surface area (Å²) in [5, 5.41) is 15.9. The molecule has 0 aliphatic carbocycles. The molecule has 6 nitrogen and oxygen atoms in total. The summed E-state index contributed by atoms with van der Waals surface area (Å²) in [6.45, 7) is 7.05.